The molecule has 3 nitrogen and oxygen atoms in total. The zero-order valence-corrected chi connectivity index (χ0v) is 7.33. The molecule has 1 saturated carbocycles. The Hall–Kier alpha value is -0.570. The van der Waals surface area contributed by atoms with Gasteiger partial charge in [0.25, 0.3) is 0 Å². The number of carbonyl (C=O) groups is 1. The lowest BCUT2D eigenvalue weighted by Crippen LogP contribution is -2.31. The third kappa shape index (κ3) is 1.93. The third-order valence-corrected chi connectivity index (χ3v) is 2.30. The maximum atomic E-state index is 11.4. The summed E-state index contributed by atoms with van der Waals surface area (Å²) in [5.74, 6) is 0.843. The fourth-order valence-corrected chi connectivity index (χ4v) is 1.17. The van der Waals surface area contributed by atoms with Gasteiger partial charge in [-0.15, -0.1) is 0 Å². The first-order chi connectivity index (χ1) is 5.16. The van der Waals surface area contributed by atoms with Crippen molar-refractivity contribution in [3.8, 4) is 0 Å². The molecule has 0 bridgehead atoms. The van der Waals surface area contributed by atoms with Crippen LogP contribution in [-0.2, 0) is 9.63 Å². The molecule has 0 unspecified atom stereocenters. The second kappa shape index (κ2) is 3.22. The van der Waals surface area contributed by atoms with E-state index in [-0.39, 0.29) is 11.8 Å². The van der Waals surface area contributed by atoms with Gasteiger partial charge < -0.3 is 0 Å². The maximum Gasteiger partial charge on any atom is 0.248 e. The van der Waals surface area contributed by atoms with Gasteiger partial charge in [-0.2, -0.15) is 0 Å². The lowest BCUT2D eigenvalue weighted by atomic mass is 10.1. The molecule has 1 aliphatic carbocycles. The van der Waals surface area contributed by atoms with E-state index in [2.05, 4.69) is 0 Å². The van der Waals surface area contributed by atoms with Gasteiger partial charge in [0.2, 0.25) is 5.91 Å². The molecule has 0 saturated heterocycles. The lowest BCUT2D eigenvalue weighted by molar-refractivity contribution is -0.173. The molecule has 1 amide bonds. The highest BCUT2D eigenvalue weighted by molar-refractivity contribution is 5.77. The van der Waals surface area contributed by atoms with E-state index >= 15 is 0 Å². The first kappa shape index (κ1) is 8.53. The Morgan fingerprint density at radius 1 is 1.64 bits per heavy atom. The maximum absolute atomic E-state index is 11.4. The van der Waals surface area contributed by atoms with Gasteiger partial charge in [0, 0.05) is 13.0 Å². The highest BCUT2D eigenvalue weighted by Crippen LogP contribution is 2.37. The summed E-state index contributed by atoms with van der Waals surface area (Å²) in [6, 6.07) is 0. The van der Waals surface area contributed by atoms with Crippen LogP contribution in [0.15, 0.2) is 0 Å². The standard InChI is InChI=1S/C8H15NO2/c1-6(7-4-5-7)8(10)9(2)11-3/h6-7H,4-5H2,1-3H3/t6-/m0/s1. The Labute approximate surface area is 67.3 Å². The van der Waals surface area contributed by atoms with E-state index in [0.717, 1.165) is 0 Å². The molecule has 1 fully saturated rings. The number of hydrogen-bond donors (Lipinski definition) is 0. The molecule has 0 aliphatic heterocycles. The Bertz CT molecular complexity index is 154. The number of rotatable bonds is 3. The number of hydroxylamine groups is 2. The van der Waals surface area contributed by atoms with Crippen molar-refractivity contribution >= 4 is 5.91 Å². The fraction of sp³-hybridized carbons (Fsp3) is 0.875. The van der Waals surface area contributed by atoms with Crippen LogP contribution in [0.3, 0.4) is 0 Å². The van der Waals surface area contributed by atoms with Crippen LogP contribution in [0.4, 0.5) is 0 Å². The van der Waals surface area contributed by atoms with Crippen LogP contribution in [0.25, 0.3) is 0 Å². The van der Waals surface area contributed by atoms with E-state index in [1.165, 1.54) is 25.0 Å². The molecule has 1 atom stereocenters. The molecule has 0 N–H and O–H groups in total. The summed E-state index contributed by atoms with van der Waals surface area (Å²) in [5, 5.41) is 1.31. The first-order valence-corrected chi connectivity index (χ1v) is 3.98. The van der Waals surface area contributed by atoms with Crippen LogP contribution in [0.2, 0.25) is 0 Å². The minimum Gasteiger partial charge on any atom is -0.275 e. The van der Waals surface area contributed by atoms with Crippen LogP contribution in [0, 0.1) is 11.8 Å². The normalized spacial score (nSPS) is 19.5. The predicted octanol–water partition coefficient (Wildman–Crippen LogP) is 1.05. The summed E-state index contributed by atoms with van der Waals surface area (Å²) in [5.41, 5.74) is 0. The number of hydrogen-bond acceptors (Lipinski definition) is 2. The monoisotopic (exact) mass is 157 g/mol. The second-order valence-electron chi connectivity index (χ2n) is 3.14. The van der Waals surface area contributed by atoms with Crippen LogP contribution in [0.1, 0.15) is 19.8 Å². The van der Waals surface area contributed by atoms with E-state index in [1.54, 1.807) is 7.05 Å². The van der Waals surface area contributed by atoms with Crippen LogP contribution < -0.4 is 0 Å². The Kier molecular flexibility index (Phi) is 2.49. The summed E-state index contributed by atoms with van der Waals surface area (Å²) < 4.78 is 0. The molecule has 0 heterocycles. The molecule has 11 heavy (non-hydrogen) atoms. The van der Waals surface area contributed by atoms with Crippen LogP contribution in [-0.4, -0.2) is 25.1 Å². The van der Waals surface area contributed by atoms with Crippen molar-refractivity contribution in [1.29, 1.82) is 0 Å². The molecule has 0 aromatic rings. The molecule has 1 aliphatic rings. The molecular weight excluding hydrogens is 142 g/mol. The minimum absolute atomic E-state index is 0.0926. The number of amides is 1. The SMILES string of the molecule is CON(C)C(=O)[C@@H](C)C1CC1. The molecule has 1 rings (SSSR count). The Morgan fingerprint density at radius 2 is 2.18 bits per heavy atom. The second-order valence-corrected chi connectivity index (χ2v) is 3.14. The van der Waals surface area contributed by atoms with Gasteiger partial charge in [0.15, 0.2) is 0 Å². The van der Waals surface area contributed by atoms with Gasteiger partial charge in [-0.25, -0.2) is 5.06 Å². The van der Waals surface area contributed by atoms with Crippen molar-refractivity contribution < 1.29 is 9.63 Å². The van der Waals surface area contributed by atoms with Gasteiger partial charge in [-0.1, -0.05) is 6.92 Å². The zero-order valence-electron chi connectivity index (χ0n) is 7.33. The van der Waals surface area contributed by atoms with Crippen molar-refractivity contribution in [2.75, 3.05) is 14.2 Å². The van der Waals surface area contributed by atoms with E-state index in [1.807, 2.05) is 6.92 Å². The highest BCUT2D eigenvalue weighted by Gasteiger charge is 2.34. The third-order valence-electron chi connectivity index (χ3n) is 2.30. The van der Waals surface area contributed by atoms with Crippen LogP contribution in [0.5, 0.6) is 0 Å². The van der Waals surface area contributed by atoms with Gasteiger partial charge >= 0.3 is 0 Å². The summed E-state index contributed by atoms with van der Waals surface area (Å²) >= 11 is 0. The minimum atomic E-state index is 0.0926. The summed E-state index contributed by atoms with van der Waals surface area (Å²) in [7, 11) is 3.17. The molecule has 0 spiro atoms. The highest BCUT2D eigenvalue weighted by atomic mass is 16.7. The van der Waals surface area contributed by atoms with E-state index in [4.69, 9.17) is 4.84 Å². The van der Waals surface area contributed by atoms with Crippen molar-refractivity contribution in [1.82, 2.24) is 5.06 Å². The number of nitrogens with zero attached hydrogens (tertiary/aromatic N) is 1. The molecular formula is C8H15NO2. The molecule has 3 heteroatoms. The van der Waals surface area contributed by atoms with Crippen molar-refractivity contribution in [2.45, 2.75) is 19.8 Å². The van der Waals surface area contributed by atoms with Gasteiger partial charge in [-0.05, 0) is 18.8 Å². The van der Waals surface area contributed by atoms with Crippen molar-refractivity contribution in [2.24, 2.45) is 11.8 Å². The average molecular weight is 157 g/mol. The molecule has 0 aromatic heterocycles. The first-order valence-electron chi connectivity index (χ1n) is 3.98. The van der Waals surface area contributed by atoms with Gasteiger partial charge in [0.1, 0.15) is 0 Å². The predicted molar refractivity (Wildman–Crippen MR) is 41.7 cm³/mol. The van der Waals surface area contributed by atoms with Crippen LogP contribution >= 0.6 is 0 Å². The Balaban J connectivity index is 2.38. The fourth-order valence-electron chi connectivity index (χ4n) is 1.17. The lowest BCUT2D eigenvalue weighted by Gasteiger charge is -2.17. The summed E-state index contributed by atoms with van der Waals surface area (Å²) in [4.78, 5) is 16.2. The molecule has 0 radical (unpaired) electrons. The Morgan fingerprint density at radius 3 is 2.55 bits per heavy atom. The molecule has 64 valence electrons. The smallest absolute Gasteiger partial charge is 0.248 e. The van der Waals surface area contributed by atoms with Crippen molar-refractivity contribution in [3.63, 3.8) is 0 Å². The summed E-state index contributed by atoms with van der Waals surface area (Å²) in [6.45, 7) is 1.97. The summed E-state index contributed by atoms with van der Waals surface area (Å²) in [6.07, 6.45) is 2.40. The van der Waals surface area contributed by atoms with Gasteiger partial charge in [0.05, 0.1) is 7.11 Å². The van der Waals surface area contributed by atoms with Gasteiger partial charge in [-0.3, -0.25) is 9.63 Å². The van der Waals surface area contributed by atoms with E-state index in [0.29, 0.717) is 5.92 Å². The number of carbonyl (C=O) groups excluding carboxylic acids is 1. The molecule has 0 aromatic carbocycles. The van der Waals surface area contributed by atoms with E-state index < -0.39 is 0 Å². The largest absolute Gasteiger partial charge is 0.275 e. The quantitative estimate of drug-likeness (QED) is 0.573. The van der Waals surface area contributed by atoms with E-state index in [9.17, 15) is 4.79 Å². The topological polar surface area (TPSA) is 29.5 Å². The average Bonchev–Trinajstić information content (AvgIpc) is 2.82. The zero-order chi connectivity index (χ0) is 8.43. The van der Waals surface area contributed by atoms with Crippen molar-refractivity contribution in [3.05, 3.63) is 0 Å².